The number of nitrogens with one attached hydrogen (secondary N) is 2. The Balaban J connectivity index is 2.25. The minimum Gasteiger partial charge on any atom is -0.356 e. The highest BCUT2D eigenvalue weighted by atomic mass is 35.5. The SMILES string of the molecule is CNCCC(=O)NCCc1ccccc1Cl. The van der Waals surface area contributed by atoms with Crippen molar-refractivity contribution in [3.63, 3.8) is 0 Å². The summed E-state index contributed by atoms with van der Waals surface area (Å²) in [6.07, 6.45) is 1.28. The van der Waals surface area contributed by atoms with E-state index < -0.39 is 0 Å². The van der Waals surface area contributed by atoms with Crippen LogP contribution in [0.5, 0.6) is 0 Å². The summed E-state index contributed by atoms with van der Waals surface area (Å²) in [5.74, 6) is 0.0707. The quantitative estimate of drug-likeness (QED) is 0.793. The first-order valence-electron chi connectivity index (χ1n) is 5.38. The van der Waals surface area contributed by atoms with Gasteiger partial charge in [0.1, 0.15) is 0 Å². The highest BCUT2D eigenvalue weighted by molar-refractivity contribution is 6.31. The Bertz CT molecular complexity index is 342. The topological polar surface area (TPSA) is 41.1 Å². The van der Waals surface area contributed by atoms with Crippen molar-refractivity contribution in [1.29, 1.82) is 0 Å². The Morgan fingerprint density at radius 1 is 1.31 bits per heavy atom. The predicted molar refractivity (Wildman–Crippen MR) is 66.7 cm³/mol. The van der Waals surface area contributed by atoms with Gasteiger partial charge in [-0.3, -0.25) is 4.79 Å². The summed E-state index contributed by atoms with van der Waals surface area (Å²) in [5, 5.41) is 6.55. The van der Waals surface area contributed by atoms with Gasteiger partial charge in [0.25, 0.3) is 0 Å². The second kappa shape index (κ2) is 7.25. The molecule has 0 radical (unpaired) electrons. The van der Waals surface area contributed by atoms with E-state index in [4.69, 9.17) is 11.6 Å². The molecule has 2 N–H and O–H groups in total. The van der Waals surface area contributed by atoms with Crippen LogP contribution in [0.25, 0.3) is 0 Å². The van der Waals surface area contributed by atoms with Gasteiger partial charge in [-0.25, -0.2) is 0 Å². The van der Waals surface area contributed by atoms with E-state index in [-0.39, 0.29) is 5.91 Å². The summed E-state index contributed by atoms with van der Waals surface area (Å²) in [5.41, 5.74) is 1.07. The van der Waals surface area contributed by atoms with Crippen LogP contribution in [0.4, 0.5) is 0 Å². The molecule has 0 aliphatic carbocycles. The highest BCUT2D eigenvalue weighted by Gasteiger charge is 2.01. The summed E-state index contributed by atoms with van der Waals surface area (Å²) < 4.78 is 0. The fourth-order valence-electron chi connectivity index (χ4n) is 1.36. The lowest BCUT2D eigenvalue weighted by molar-refractivity contribution is -0.120. The molecule has 0 atom stereocenters. The van der Waals surface area contributed by atoms with Crippen LogP contribution < -0.4 is 10.6 Å². The van der Waals surface area contributed by atoms with E-state index in [1.54, 1.807) is 0 Å². The van der Waals surface area contributed by atoms with Crippen molar-refractivity contribution in [3.05, 3.63) is 34.9 Å². The fourth-order valence-corrected chi connectivity index (χ4v) is 1.59. The van der Waals surface area contributed by atoms with Crippen molar-refractivity contribution in [1.82, 2.24) is 10.6 Å². The number of carbonyl (C=O) groups is 1. The number of hydrogen-bond acceptors (Lipinski definition) is 2. The molecule has 1 rings (SSSR count). The van der Waals surface area contributed by atoms with Crippen molar-refractivity contribution in [2.24, 2.45) is 0 Å². The number of benzene rings is 1. The molecule has 0 unspecified atom stereocenters. The zero-order valence-electron chi connectivity index (χ0n) is 9.42. The zero-order chi connectivity index (χ0) is 11.8. The minimum absolute atomic E-state index is 0.0707. The van der Waals surface area contributed by atoms with Crippen molar-refractivity contribution >= 4 is 17.5 Å². The lowest BCUT2D eigenvalue weighted by Crippen LogP contribution is -2.28. The van der Waals surface area contributed by atoms with Gasteiger partial charge in [-0.2, -0.15) is 0 Å². The zero-order valence-corrected chi connectivity index (χ0v) is 10.2. The molecule has 0 fully saturated rings. The molecule has 0 aliphatic rings. The Morgan fingerprint density at radius 2 is 2.06 bits per heavy atom. The van der Waals surface area contributed by atoms with E-state index in [1.165, 1.54) is 0 Å². The van der Waals surface area contributed by atoms with Crippen LogP contribution in [0.15, 0.2) is 24.3 Å². The molecule has 0 aliphatic heterocycles. The first-order valence-corrected chi connectivity index (χ1v) is 5.76. The third-order valence-electron chi connectivity index (χ3n) is 2.28. The van der Waals surface area contributed by atoms with E-state index in [1.807, 2.05) is 31.3 Å². The Kier molecular flexibility index (Phi) is 5.90. The van der Waals surface area contributed by atoms with Gasteiger partial charge in [0.2, 0.25) is 5.91 Å². The summed E-state index contributed by atoms with van der Waals surface area (Å²) >= 11 is 6.00. The monoisotopic (exact) mass is 240 g/mol. The summed E-state index contributed by atoms with van der Waals surface area (Å²) in [7, 11) is 1.83. The van der Waals surface area contributed by atoms with Gasteiger partial charge in [0.15, 0.2) is 0 Å². The van der Waals surface area contributed by atoms with E-state index >= 15 is 0 Å². The van der Waals surface area contributed by atoms with Crippen LogP contribution in [0, 0.1) is 0 Å². The maximum atomic E-state index is 11.3. The highest BCUT2D eigenvalue weighted by Crippen LogP contribution is 2.14. The number of rotatable bonds is 6. The molecular weight excluding hydrogens is 224 g/mol. The Labute approximate surface area is 101 Å². The van der Waals surface area contributed by atoms with Crippen molar-refractivity contribution in [3.8, 4) is 0 Å². The molecular formula is C12H17ClN2O. The fraction of sp³-hybridized carbons (Fsp3) is 0.417. The molecule has 1 aromatic carbocycles. The summed E-state index contributed by atoms with van der Waals surface area (Å²) in [4.78, 5) is 11.3. The second-order valence-corrected chi connectivity index (χ2v) is 3.95. The average Bonchev–Trinajstić information content (AvgIpc) is 2.29. The molecule has 0 saturated heterocycles. The molecule has 88 valence electrons. The lowest BCUT2D eigenvalue weighted by Gasteiger charge is -2.06. The van der Waals surface area contributed by atoms with Crippen LogP contribution in [0.3, 0.4) is 0 Å². The van der Waals surface area contributed by atoms with Crippen LogP contribution in [-0.4, -0.2) is 26.0 Å². The van der Waals surface area contributed by atoms with Crippen LogP contribution in [0.2, 0.25) is 5.02 Å². The predicted octanol–water partition coefficient (Wildman–Crippen LogP) is 1.61. The normalized spacial score (nSPS) is 10.1. The number of hydrogen-bond donors (Lipinski definition) is 2. The van der Waals surface area contributed by atoms with Crippen LogP contribution in [0.1, 0.15) is 12.0 Å². The smallest absolute Gasteiger partial charge is 0.221 e. The van der Waals surface area contributed by atoms with Gasteiger partial charge in [0.05, 0.1) is 0 Å². The number of carbonyl (C=O) groups excluding carboxylic acids is 1. The summed E-state index contributed by atoms with van der Waals surface area (Å²) in [6.45, 7) is 1.34. The Hall–Kier alpha value is -1.06. The maximum absolute atomic E-state index is 11.3. The van der Waals surface area contributed by atoms with E-state index in [0.29, 0.717) is 19.5 Å². The third-order valence-corrected chi connectivity index (χ3v) is 2.65. The third kappa shape index (κ3) is 4.64. The van der Waals surface area contributed by atoms with Gasteiger partial charge in [-0.05, 0) is 25.1 Å². The summed E-state index contributed by atoms with van der Waals surface area (Å²) in [6, 6.07) is 7.68. The first kappa shape index (κ1) is 13.0. The molecule has 0 saturated carbocycles. The van der Waals surface area contributed by atoms with Gasteiger partial charge in [0, 0.05) is 24.5 Å². The van der Waals surface area contributed by atoms with Crippen molar-refractivity contribution in [2.75, 3.05) is 20.1 Å². The standard InChI is InChI=1S/C12H17ClN2O/c1-14-8-7-12(16)15-9-6-10-4-2-3-5-11(10)13/h2-5,14H,6-9H2,1H3,(H,15,16). The maximum Gasteiger partial charge on any atom is 0.221 e. The number of amides is 1. The van der Waals surface area contributed by atoms with E-state index in [2.05, 4.69) is 10.6 Å². The average molecular weight is 241 g/mol. The van der Waals surface area contributed by atoms with Gasteiger partial charge >= 0.3 is 0 Å². The van der Waals surface area contributed by atoms with E-state index in [0.717, 1.165) is 17.0 Å². The van der Waals surface area contributed by atoms with Gasteiger partial charge in [-0.15, -0.1) is 0 Å². The van der Waals surface area contributed by atoms with Gasteiger partial charge in [-0.1, -0.05) is 29.8 Å². The Morgan fingerprint density at radius 3 is 2.75 bits per heavy atom. The molecule has 3 nitrogen and oxygen atoms in total. The lowest BCUT2D eigenvalue weighted by atomic mass is 10.1. The molecule has 0 spiro atoms. The first-order chi connectivity index (χ1) is 7.74. The van der Waals surface area contributed by atoms with Crippen LogP contribution >= 0.6 is 11.6 Å². The molecule has 0 aromatic heterocycles. The minimum atomic E-state index is 0.0707. The van der Waals surface area contributed by atoms with Gasteiger partial charge < -0.3 is 10.6 Å². The molecule has 1 aromatic rings. The van der Waals surface area contributed by atoms with E-state index in [9.17, 15) is 4.79 Å². The van der Waals surface area contributed by atoms with Crippen molar-refractivity contribution < 1.29 is 4.79 Å². The van der Waals surface area contributed by atoms with Crippen molar-refractivity contribution in [2.45, 2.75) is 12.8 Å². The molecule has 16 heavy (non-hydrogen) atoms. The number of halogens is 1. The second-order valence-electron chi connectivity index (χ2n) is 3.54. The van der Waals surface area contributed by atoms with Crippen LogP contribution in [-0.2, 0) is 11.2 Å². The molecule has 4 heteroatoms. The molecule has 0 bridgehead atoms. The molecule has 0 heterocycles. The molecule has 1 amide bonds. The largest absolute Gasteiger partial charge is 0.356 e.